The van der Waals surface area contributed by atoms with Gasteiger partial charge in [-0.25, -0.2) is 4.79 Å². The molecule has 0 saturated carbocycles. The van der Waals surface area contributed by atoms with Crippen LogP contribution in [0.5, 0.6) is 0 Å². The number of primary amides is 1. The van der Waals surface area contributed by atoms with E-state index in [1.54, 1.807) is 0 Å². The Hall–Kier alpha value is -1.75. The minimum Gasteiger partial charge on any atom is -0.382 e. The van der Waals surface area contributed by atoms with Crippen molar-refractivity contribution >= 4 is 17.4 Å². The zero-order chi connectivity index (χ0) is 14.4. The molecule has 1 aliphatic rings. The van der Waals surface area contributed by atoms with Gasteiger partial charge in [-0.2, -0.15) is 0 Å². The van der Waals surface area contributed by atoms with E-state index in [9.17, 15) is 4.79 Å². The van der Waals surface area contributed by atoms with Crippen molar-refractivity contribution in [3.05, 3.63) is 24.3 Å². The number of amides is 2. The summed E-state index contributed by atoms with van der Waals surface area (Å²) in [4.78, 5) is 10.8. The highest BCUT2D eigenvalue weighted by Crippen LogP contribution is 2.18. The summed E-state index contributed by atoms with van der Waals surface area (Å²) in [7, 11) is 0. The fourth-order valence-electron chi connectivity index (χ4n) is 2.72. The second-order valence-electron chi connectivity index (χ2n) is 5.50. The molecule has 0 bridgehead atoms. The van der Waals surface area contributed by atoms with E-state index in [1.807, 2.05) is 24.3 Å². The number of benzene rings is 1. The Morgan fingerprint density at radius 1 is 1.45 bits per heavy atom. The van der Waals surface area contributed by atoms with Gasteiger partial charge in [0, 0.05) is 23.5 Å². The van der Waals surface area contributed by atoms with Gasteiger partial charge in [-0.3, -0.25) is 0 Å². The highest BCUT2D eigenvalue weighted by atomic mass is 16.2. The summed E-state index contributed by atoms with van der Waals surface area (Å²) in [6.45, 7) is 3.32. The number of carbonyl (C=O) groups is 1. The SMILES string of the molecule is CC(CC1CCCCN1)Nc1cccc(NC(N)=O)c1. The average Bonchev–Trinajstić information content (AvgIpc) is 2.39. The van der Waals surface area contributed by atoms with E-state index in [4.69, 9.17) is 5.73 Å². The number of carbonyl (C=O) groups excluding carboxylic acids is 1. The molecule has 0 spiro atoms. The quantitative estimate of drug-likeness (QED) is 0.667. The molecule has 1 fully saturated rings. The maximum atomic E-state index is 10.8. The van der Waals surface area contributed by atoms with Crippen molar-refractivity contribution in [2.24, 2.45) is 5.73 Å². The van der Waals surface area contributed by atoms with Crippen LogP contribution in [0.25, 0.3) is 0 Å². The number of anilines is 2. The second kappa shape index (κ2) is 7.14. The van der Waals surface area contributed by atoms with Gasteiger partial charge >= 0.3 is 6.03 Å². The van der Waals surface area contributed by atoms with Crippen LogP contribution in [0.3, 0.4) is 0 Å². The molecule has 2 unspecified atom stereocenters. The van der Waals surface area contributed by atoms with E-state index < -0.39 is 6.03 Å². The second-order valence-corrected chi connectivity index (χ2v) is 5.50. The molecule has 2 amide bonds. The summed E-state index contributed by atoms with van der Waals surface area (Å²) in [5.41, 5.74) is 6.83. The van der Waals surface area contributed by atoms with Crippen LogP contribution >= 0.6 is 0 Å². The van der Waals surface area contributed by atoms with Crippen molar-refractivity contribution in [3.63, 3.8) is 0 Å². The van der Waals surface area contributed by atoms with Gasteiger partial charge in [0.25, 0.3) is 0 Å². The summed E-state index contributed by atoms with van der Waals surface area (Å²) in [5, 5.41) is 9.62. The molecule has 2 atom stereocenters. The third-order valence-corrected chi connectivity index (χ3v) is 3.59. The standard InChI is InChI=1S/C15H24N4O/c1-11(9-12-5-2-3-8-17-12)18-13-6-4-7-14(10-13)19-15(16)20/h4,6-7,10-12,17-18H,2-3,5,8-9H2,1H3,(H3,16,19,20). The van der Waals surface area contributed by atoms with Crippen molar-refractivity contribution < 1.29 is 4.79 Å². The molecule has 1 aromatic rings. The molecule has 2 rings (SSSR count). The highest BCUT2D eigenvalue weighted by molar-refractivity contribution is 5.88. The number of nitrogens with one attached hydrogen (secondary N) is 3. The molecule has 5 heteroatoms. The van der Waals surface area contributed by atoms with Crippen molar-refractivity contribution in [1.82, 2.24) is 5.32 Å². The molecule has 1 saturated heterocycles. The fraction of sp³-hybridized carbons (Fsp3) is 0.533. The molecule has 1 aliphatic heterocycles. The molecule has 1 heterocycles. The van der Waals surface area contributed by atoms with E-state index >= 15 is 0 Å². The first-order chi connectivity index (χ1) is 9.63. The van der Waals surface area contributed by atoms with Gasteiger partial charge in [0.2, 0.25) is 0 Å². The topological polar surface area (TPSA) is 79.2 Å². The number of piperidine rings is 1. The summed E-state index contributed by atoms with van der Waals surface area (Å²) in [6, 6.07) is 8.07. The first-order valence-corrected chi connectivity index (χ1v) is 7.30. The number of rotatable bonds is 5. The Labute approximate surface area is 120 Å². The van der Waals surface area contributed by atoms with Gasteiger partial charge in [0.15, 0.2) is 0 Å². The van der Waals surface area contributed by atoms with E-state index in [0.29, 0.717) is 17.8 Å². The van der Waals surface area contributed by atoms with Crippen LogP contribution in [-0.2, 0) is 0 Å². The predicted molar refractivity (Wildman–Crippen MR) is 83.0 cm³/mol. The van der Waals surface area contributed by atoms with Crippen molar-refractivity contribution in [2.75, 3.05) is 17.2 Å². The molecule has 0 aromatic heterocycles. The van der Waals surface area contributed by atoms with E-state index in [2.05, 4.69) is 22.9 Å². The first-order valence-electron chi connectivity index (χ1n) is 7.30. The van der Waals surface area contributed by atoms with E-state index in [1.165, 1.54) is 19.3 Å². The Balaban J connectivity index is 1.86. The number of urea groups is 1. The van der Waals surface area contributed by atoms with Crippen LogP contribution in [0.15, 0.2) is 24.3 Å². The van der Waals surface area contributed by atoms with Crippen LogP contribution in [0, 0.1) is 0 Å². The van der Waals surface area contributed by atoms with Crippen LogP contribution in [0.2, 0.25) is 0 Å². The van der Waals surface area contributed by atoms with Gasteiger partial charge < -0.3 is 21.7 Å². The summed E-state index contributed by atoms with van der Waals surface area (Å²) < 4.78 is 0. The third-order valence-electron chi connectivity index (χ3n) is 3.59. The first kappa shape index (κ1) is 14.7. The number of hydrogen-bond acceptors (Lipinski definition) is 3. The summed E-state index contributed by atoms with van der Waals surface area (Å²) in [5.74, 6) is 0. The van der Waals surface area contributed by atoms with Crippen molar-refractivity contribution in [3.8, 4) is 0 Å². The van der Waals surface area contributed by atoms with E-state index in [0.717, 1.165) is 18.7 Å². The Kier molecular flexibility index (Phi) is 5.24. The molecule has 110 valence electrons. The van der Waals surface area contributed by atoms with E-state index in [-0.39, 0.29) is 0 Å². The average molecular weight is 276 g/mol. The van der Waals surface area contributed by atoms with Crippen LogP contribution < -0.4 is 21.7 Å². The Bertz CT molecular complexity index is 443. The molecule has 5 nitrogen and oxygen atoms in total. The molecular weight excluding hydrogens is 252 g/mol. The van der Waals surface area contributed by atoms with Crippen LogP contribution in [0.4, 0.5) is 16.2 Å². The zero-order valence-corrected chi connectivity index (χ0v) is 12.0. The van der Waals surface area contributed by atoms with Crippen molar-refractivity contribution in [2.45, 2.75) is 44.7 Å². The van der Waals surface area contributed by atoms with Gasteiger partial charge in [-0.15, -0.1) is 0 Å². The molecule has 5 N–H and O–H groups in total. The lowest BCUT2D eigenvalue weighted by Crippen LogP contribution is -2.37. The summed E-state index contributed by atoms with van der Waals surface area (Å²) >= 11 is 0. The normalized spacial score (nSPS) is 20.1. The lowest BCUT2D eigenvalue weighted by atomic mass is 9.98. The monoisotopic (exact) mass is 276 g/mol. The Morgan fingerprint density at radius 2 is 2.25 bits per heavy atom. The van der Waals surface area contributed by atoms with Gasteiger partial charge in [0.05, 0.1) is 0 Å². The zero-order valence-electron chi connectivity index (χ0n) is 12.0. The molecular formula is C15H24N4O. The van der Waals surface area contributed by atoms with Gasteiger partial charge in [-0.05, 0) is 50.9 Å². The molecule has 0 aliphatic carbocycles. The maximum Gasteiger partial charge on any atom is 0.316 e. The van der Waals surface area contributed by atoms with Gasteiger partial charge in [-0.1, -0.05) is 12.5 Å². The number of hydrogen-bond donors (Lipinski definition) is 4. The van der Waals surface area contributed by atoms with Crippen molar-refractivity contribution in [1.29, 1.82) is 0 Å². The predicted octanol–water partition coefficient (Wildman–Crippen LogP) is 2.51. The summed E-state index contributed by atoms with van der Waals surface area (Å²) in [6.07, 6.45) is 4.98. The molecule has 1 aromatic carbocycles. The molecule has 20 heavy (non-hydrogen) atoms. The van der Waals surface area contributed by atoms with Crippen LogP contribution in [0.1, 0.15) is 32.6 Å². The molecule has 0 radical (unpaired) electrons. The minimum atomic E-state index is -0.540. The number of nitrogens with two attached hydrogens (primary N) is 1. The Morgan fingerprint density at radius 3 is 2.95 bits per heavy atom. The lowest BCUT2D eigenvalue weighted by molar-refractivity contribution is 0.259. The van der Waals surface area contributed by atoms with Crippen LogP contribution in [-0.4, -0.2) is 24.7 Å². The smallest absolute Gasteiger partial charge is 0.316 e. The lowest BCUT2D eigenvalue weighted by Gasteiger charge is -2.27. The minimum absolute atomic E-state index is 0.384. The van der Waals surface area contributed by atoms with Gasteiger partial charge in [0.1, 0.15) is 0 Å². The third kappa shape index (κ3) is 4.74. The fourth-order valence-corrected chi connectivity index (χ4v) is 2.72. The largest absolute Gasteiger partial charge is 0.382 e. The highest BCUT2D eigenvalue weighted by Gasteiger charge is 2.15. The maximum absolute atomic E-state index is 10.8.